The summed E-state index contributed by atoms with van der Waals surface area (Å²) in [6.07, 6.45) is 55.5. The average Bonchev–Trinajstić information content (AvgIpc) is 3.32. The first-order valence-corrected chi connectivity index (χ1v) is 28.0. The van der Waals surface area contributed by atoms with Crippen LogP contribution >= 0.6 is 7.82 Å². The van der Waals surface area contributed by atoms with Crippen molar-refractivity contribution >= 4 is 25.7 Å². The highest BCUT2D eigenvalue weighted by molar-refractivity contribution is 7.47. The normalized spacial score (nSPS) is 14.1. The maximum absolute atomic E-state index is 12.8. The Morgan fingerprint density at radius 1 is 0.426 bits per heavy atom. The van der Waals surface area contributed by atoms with E-state index < -0.39 is 57.8 Å². The first-order valence-electron chi connectivity index (χ1n) is 26.5. The topological polar surface area (TPSA) is 155 Å². The highest BCUT2D eigenvalue weighted by Gasteiger charge is 2.28. The molecular formula is C56H95O11P. The molecule has 0 aliphatic carbocycles. The molecule has 3 unspecified atom stereocenters. The van der Waals surface area contributed by atoms with Gasteiger partial charge in [0.25, 0.3) is 0 Å². The summed E-state index contributed by atoms with van der Waals surface area (Å²) in [7, 11) is -4.76. The second-order valence-electron chi connectivity index (χ2n) is 17.3. The van der Waals surface area contributed by atoms with Gasteiger partial charge in [0.2, 0.25) is 0 Å². The Kier molecular flexibility index (Phi) is 47.6. The van der Waals surface area contributed by atoms with E-state index in [2.05, 4.69) is 106 Å². The van der Waals surface area contributed by atoms with Gasteiger partial charge in [-0.05, 0) is 109 Å². The minimum Gasteiger partial charge on any atom is -0.462 e. The van der Waals surface area contributed by atoms with Crippen molar-refractivity contribution in [3.63, 3.8) is 0 Å². The SMILES string of the molecule is CC/C=C\C/C=C\C/C=C\C/C=C\CCCCC(=O)OC(COC(=O)CCCCCCC/C=C\CCCCCC)COP(=O)(O)OCC(CO)OC(=O)CCCCCCC/C=C\C/C=C\CCC. The molecule has 0 aliphatic rings. The van der Waals surface area contributed by atoms with E-state index in [4.69, 9.17) is 23.3 Å². The van der Waals surface area contributed by atoms with Gasteiger partial charge < -0.3 is 24.2 Å². The Morgan fingerprint density at radius 3 is 1.28 bits per heavy atom. The van der Waals surface area contributed by atoms with E-state index in [0.29, 0.717) is 19.3 Å². The van der Waals surface area contributed by atoms with Gasteiger partial charge in [0.05, 0.1) is 19.8 Å². The van der Waals surface area contributed by atoms with Crippen LogP contribution in [-0.2, 0) is 42.2 Å². The van der Waals surface area contributed by atoms with Gasteiger partial charge in [0.15, 0.2) is 6.10 Å². The van der Waals surface area contributed by atoms with E-state index in [1.807, 2.05) is 0 Å². The smallest absolute Gasteiger partial charge is 0.462 e. The van der Waals surface area contributed by atoms with Crippen LogP contribution in [0.25, 0.3) is 0 Å². The van der Waals surface area contributed by atoms with Gasteiger partial charge in [0.1, 0.15) is 12.7 Å². The number of carbonyl (C=O) groups excluding carboxylic acids is 3. The lowest BCUT2D eigenvalue weighted by Gasteiger charge is -2.21. The number of rotatable bonds is 48. The Bertz CT molecular complexity index is 1460. The lowest BCUT2D eigenvalue weighted by molar-refractivity contribution is -0.161. The molecule has 68 heavy (non-hydrogen) atoms. The van der Waals surface area contributed by atoms with Gasteiger partial charge in [-0.2, -0.15) is 0 Å². The average molecular weight is 975 g/mol. The molecule has 0 radical (unpaired) electrons. The second-order valence-corrected chi connectivity index (χ2v) is 18.8. The van der Waals surface area contributed by atoms with Crippen molar-refractivity contribution in [2.24, 2.45) is 0 Å². The zero-order chi connectivity index (χ0) is 49.9. The third-order valence-electron chi connectivity index (χ3n) is 10.8. The molecule has 0 rings (SSSR count). The zero-order valence-electron chi connectivity index (χ0n) is 42.8. The number of unbranched alkanes of at least 4 members (excludes halogenated alkanes) is 17. The monoisotopic (exact) mass is 975 g/mol. The lowest BCUT2D eigenvalue weighted by Crippen LogP contribution is -2.30. The summed E-state index contributed by atoms with van der Waals surface area (Å²) in [6, 6.07) is 0. The van der Waals surface area contributed by atoms with Gasteiger partial charge in [-0.1, -0.05) is 170 Å². The van der Waals surface area contributed by atoms with Gasteiger partial charge in [-0.3, -0.25) is 23.4 Å². The number of ether oxygens (including phenoxy) is 3. The Balaban J connectivity index is 4.83. The summed E-state index contributed by atoms with van der Waals surface area (Å²) >= 11 is 0. The molecule has 2 N–H and O–H groups in total. The molecule has 0 aromatic heterocycles. The van der Waals surface area contributed by atoms with Crippen molar-refractivity contribution in [3.8, 4) is 0 Å². The molecule has 0 saturated heterocycles. The maximum Gasteiger partial charge on any atom is 0.472 e. The number of allylic oxidation sites excluding steroid dienone is 14. The summed E-state index contributed by atoms with van der Waals surface area (Å²) in [5.74, 6) is -1.55. The fourth-order valence-corrected chi connectivity index (χ4v) is 7.51. The predicted octanol–water partition coefficient (Wildman–Crippen LogP) is 15.1. The third kappa shape index (κ3) is 47.7. The molecule has 11 nitrogen and oxygen atoms in total. The quantitative estimate of drug-likeness (QED) is 0.0197. The Morgan fingerprint density at radius 2 is 0.794 bits per heavy atom. The van der Waals surface area contributed by atoms with Gasteiger partial charge in [-0.15, -0.1) is 0 Å². The fraction of sp³-hybridized carbons (Fsp3) is 0.696. The standard InChI is InChI=1S/C56H95O11P/c1-4-7-10-13-16-19-22-25-26-29-32-35-38-41-44-47-56(60)67-53(49-63-54(58)45-42-39-36-33-30-27-23-20-17-14-11-8-5-2)51-65-68(61,62)64-50-52(48-57)66-55(59)46-43-40-37-34-31-28-24-21-18-15-12-9-6-3/h7,10,12,15-16,19-21,23-26,32,35,52-53,57H,4-6,8-9,11,13-14,17-18,22,27-31,33-34,36-51H2,1-3H3,(H,61,62)/b10-7-,15-12-,19-16-,23-20-,24-21-,26-25-,35-32-. The molecule has 0 bridgehead atoms. The van der Waals surface area contributed by atoms with Crippen LogP contribution < -0.4 is 0 Å². The number of phosphoric acid groups is 1. The number of aliphatic hydroxyl groups excluding tert-OH is 1. The molecule has 0 amide bonds. The highest BCUT2D eigenvalue weighted by atomic mass is 31.2. The number of hydrogen-bond acceptors (Lipinski definition) is 10. The van der Waals surface area contributed by atoms with Crippen LogP contribution in [0.1, 0.15) is 213 Å². The number of carbonyl (C=O) groups is 3. The molecule has 0 aliphatic heterocycles. The van der Waals surface area contributed by atoms with Crippen molar-refractivity contribution in [3.05, 3.63) is 85.1 Å². The maximum atomic E-state index is 12.8. The van der Waals surface area contributed by atoms with E-state index >= 15 is 0 Å². The van der Waals surface area contributed by atoms with Crippen molar-refractivity contribution in [2.75, 3.05) is 26.4 Å². The summed E-state index contributed by atoms with van der Waals surface area (Å²) < 4.78 is 39.3. The van der Waals surface area contributed by atoms with Gasteiger partial charge in [0, 0.05) is 19.3 Å². The molecule has 0 aromatic carbocycles. The number of phosphoric ester groups is 1. The van der Waals surface area contributed by atoms with E-state index in [9.17, 15) is 28.9 Å². The largest absolute Gasteiger partial charge is 0.472 e. The van der Waals surface area contributed by atoms with Crippen molar-refractivity contribution in [1.29, 1.82) is 0 Å². The highest BCUT2D eigenvalue weighted by Crippen LogP contribution is 2.43. The molecule has 12 heteroatoms. The summed E-state index contributed by atoms with van der Waals surface area (Å²) in [4.78, 5) is 48.3. The van der Waals surface area contributed by atoms with Gasteiger partial charge in [-0.25, -0.2) is 4.57 Å². The fourth-order valence-electron chi connectivity index (χ4n) is 6.73. The predicted molar refractivity (Wildman–Crippen MR) is 279 cm³/mol. The second kappa shape index (κ2) is 50.1. The minimum atomic E-state index is -4.76. The van der Waals surface area contributed by atoms with Crippen LogP contribution in [0.15, 0.2) is 85.1 Å². The molecule has 390 valence electrons. The molecule has 0 spiro atoms. The summed E-state index contributed by atoms with van der Waals surface area (Å²) in [5, 5.41) is 9.77. The van der Waals surface area contributed by atoms with Crippen LogP contribution in [0.4, 0.5) is 0 Å². The van der Waals surface area contributed by atoms with Crippen molar-refractivity contribution in [2.45, 2.75) is 226 Å². The number of aliphatic hydroxyl groups is 1. The van der Waals surface area contributed by atoms with Crippen LogP contribution in [0.2, 0.25) is 0 Å². The number of hydrogen-bond donors (Lipinski definition) is 2. The van der Waals surface area contributed by atoms with E-state index in [0.717, 1.165) is 128 Å². The van der Waals surface area contributed by atoms with Crippen LogP contribution in [-0.4, -0.2) is 66.5 Å². The Hall–Kier alpha value is -3.34. The Labute approximate surface area is 413 Å². The molecule has 3 atom stereocenters. The van der Waals surface area contributed by atoms with E-state index in [1.165, 1.54) is 25.7 Å². The molecule has 0 fully saturated rings. The summed E-state index contributed by atoms with van der Waals surface area (Å²) in [6.45, 7) is 4.35. The zero-order valence-corrected chi connectivity index (χ0v) is 43.7. The minimum absolute atomic E-state index is 0.110. The lowest BCUT2D eigenvalue weighted by atomic mass is 10.1. The van der Waals surface area contributed by atoms with E-state index in [1.54, 1.807) is 0 Å². The van der Waals surface area contributed by atoms with Gasteiger partial charge >= 0.3 is 25.7 Å². The van der Waals surface area contributed by atoms with E-state index in [-0.39, 0.29) is 25.9 Å². The van der Waals surface area contributed by atoms with Crippen molar-refractivity contribution in [1.82, 2.24) is 0 Å². The third-order valence-corrected chi connectivity index (χ3v) is 11.7. The first kappa shape index (κ1) is 64.7. The van der Waals surface area contributed by atoms with Crippen LogP contribution in [0, 0.1) is 0 Å². The van der Waals surface area contributed by atoms with Crippen LogP contribution in [0.5, 0.6) is 0 Å². The molecule has 0 heterocycles. The summed E-state index contributed by atoms with van der Waals surface area (Å²) in [5.41, 5.74) is 0. The van der Waals surface area contributed by atoms with Crippen molar-refractivity contribution < 1.29 is 52.2 Å². The van der Waals surface area contributed by atoms with Crippen LogP contribution in [0.3, 0.4) is 0 Å². The first-order chi connectivity index (χ1) is 33.2. The molecule has 0 saturated carbocycles. The molecule has 0 aromatic rings. The number of esters is 3. The molecular weight excluding hydrogens is 880 g/mol.